The van der Waals surface area contributed by atoms with Crippen molar-refractivity contribution in [2.24, 2.45) is 0 Å². The summed E-state index contributed by atoms with van der Waals surface area (Å²) in [5.41, 5.74) is 2.73. The molecule has 0 aromatic heterocycles. The van der Waals surface area contributed by atoms with Gasteiger partial charge in [0.2, 0.25) is 0 Å². The maximum absolute atomic E-state index is 12.4. The molecule has 4 nitrogen and oxygen atoms in total. The summed E-state index contributed by atoms with van der Waals surface area (Å²) in [5, 5.41) is 6.34. The fourth-order valence-corrected chi connectivity index (χ4v) is 2.30. The third kappa shape index (κ3) is 3.70. The van der Waals surface area contributed by atoms with Gasteiger partial charge in [0.1, 0.15) is 0 Å². The summed E-state index contributed by atoms with van der Waals surface area (Å²) in [7, 11) is 0. The Morgan fingerprint density at radius 3 is 2.79 bits per heavy atom. The lowest BCUT2D eigenvalue weighted by atomic mass is 10.1. The molecule has 1 aliphatic rings. The number of anilines is 1. The standard InChI is InChI=1S/C15H22N2O2/c1-3-16-14-5-4-11(2)10-13(14)15(18)17-12-6-8-19-9-7-12/h4-5,10,12,16H,3,6-9H2,1-2H3,(H,17,18). The first-order valence-corrected chi connectivity index (χ1v) is 6.94. The molecular weight excluding hydrogens is 240 g/mol. The normalized spacial score (nSPS) is 16.1. The van der Waals surface area contributed by atoms with E-state index in [9.17, 15) is 4.79 Å². The fraction of sp³-hybridized carbons (Fsp3) is 0.533. The number of nitrogens with one attached hydrogen (secondary N) is 2. The van der Waals surface area contributed by atoms with Crippen molar-refractivity contribution in [2.45, 2.75) is 32.7 Å². The van der Waals surface area contributed by atoms with Gasteiger partial charge in [0.15, 0.2) is 0 Å². The molecule has 2 N–H and O–H groups in total. The molecule has 0 bridgehead atoms. The second-order valence-corrected chi connectivity index (χ2v) is 4.94. The zero-order valence-corrected chi connectivity index (χ0v) is 11.7. The smallest absolute Gasteiger partial charge is 0.253 e. The highest BCUT2D eigenvalue weighted by atomic mass is 16.5. The molecular formula is C15H22N2O2. The van der Waals surface area contributed by atoms with Crippen LogP contribution in [0.3, 0.4) is 0 Å². The Labute approximate surface area is 114 Å². The minimum atomic E-state index is 0.00606. The van der Waals surface area contributed by atoms with Crippen molar-refractivity contribution in [3.63, 3.8) is 0 Å². The summed E-state index contributed by atoms with van der Waals surface area (Å²) in [6.07, 6.45) is 1.79. The third-order valence-electron chi connectivity index (χ3n) is 3.34. The number of hydrogen-bond donors (Lipinski definition) is 2. The minimum Gasteiger partial charge on any atom is -0.385 e. The quantitative estimate of drug-likeness (QED) is 0.875. The van der Waals surface area contributed by atoms with Crippen LogP contribution in [0, 0.1) is 6.92 Å². The highest BCUT2D eigenvalue weighted by Crippen LogP contribution is 2.18. The number of rotatable bonds is 4. The summed E-state index contributed by atoms with van der Waals surface area (Å²) in [6, 6.07) is 6.16. The summed E-state index contributed by atoms with van der Waals surface area (Å²) >= 11 is 0. The highest BCUT2D eigenvalue weighted by molar-refractivity contribution is 6.00. The Kier molecular flexibility index (Phi) is 4.80. The van der Waals surface area contributed by atoms with Gasteiger partial charge in [-0.3, -0.25) is 4.79 Å². The van der Waals surface area contributed by atoms with Crippen molar-refractivity contribution in [1.29, 1.82) is 0 Å². The molecule has 104 valence electrons. The molecule has 1 heterocycles. The molecule has 0 unspecified atom stereocenters. The average molecular weight is 262 g/mol. The lowest BCUT2D eigenvalue weighted by molar-refractivity contribution is 0.0697. The van der Waals surface area contributed by atoms with Crippen molar-refractivity contribution >= 4 is 11.6 Å². The number of aryl methyl sites for hydroxylation is 1. The van der Waals surface area contributed by atoms with Gasteiger partial charge in [0.25, 0.3) is 5.91 Å². The SMILES string of the molecule is CCNc1ccc(C)cc1C(=O)NC1CCOCC1. The van der Waals surface area contributed by atoms with E-state index in [1.54, 1.807) is 0 Å². The van der Waals surface area contributed by atoms with Gasteiger partial charge in [0, 0.05) is 31.5 Å². The predicted octanol–water partition coefficient (Wildman–Crippen LogP) is 2.34. The molecule has 1 saturated heterocycles. The van der Waals surface area contributed by atoms with E-state index >= 15 is 0 Å². The second-order valence-electron chi connectivity index (χ2n) is 4.94. The Morgan fingerprint density at radius 1 is 1.37 bits per heavy atom. The Bertz CT molecular complexity index is 440. The van der Waals surface area contributed by atoms with Crippen molar-refractivity contribution in [1.82, 2.24) is 5.32 Å². The lowest BCUT2D eigenvalue weighted by Crippen LogP contribution is -2.39. The van der Waals surface area contributed by atoms with Gasteiger partial charge in [-0.05, 0) is 38.8 Å². The van der Waals surface area contributed by atoms with Crippen molar-refractivity contribution < 1.29 is 9.53 Å². The molecule has 1 amide bonds. The van der Waals surface area contributed by atoms with E-state index in [0.29, 0.717) is 0 Å². The monoisotopic (exact) mass is 262 g/mol. The summed E-state index contributed by atoms with van der Waals surface area (Å²) in [6.45, 7) is 6.30. The van der Waals surface area contributed by atoms with Crippen LogP contribution in [0.5, 0.6) is 0 Å². The topological polar surface area (TPSA) is 50.4 Å². The maximum atomic E-state index is 12.4. The molecule has 1 aliphatic heterocycles. The van der Waals surface area contributed by atoms with Crippen LogP contribution in [-0.4, -0.2) is 31.7 Å². The Hall–Kier alpha value is -1.55. The number of amides is 1. The molecule has 0 aliphatic carbocycles. The highest BCUT2D eigenvalue weighted by Gasteiger charge is 2.18. The van der Waals surface area contributed by atoms with Crippen LogP contribution in [0.4, 0.5) is 5.69 Å². The zero-order valence-electron chi connectivity index (χ0n) is 11.7. The first-order chi connectivity index (χ1) is 9.20. The molecule has 1 aromatic rings. The van der Waals surface area contributed by atoms with Crippen LogP contribution in [0.1, 0.15) is 35.7 Å². The fourth-order valence-electron chi connectivity index (χ4n) is 2.30. The van der Waals surface area contributed by atoms with E-state index in [2.05, 4.69) is 10.6 Å². The minimum absolute atomic E-state index is 0.00606. The van der Waals surface area contributed by atoms with Gasteiger partial charge < -0.3 is 15.4 Å². The van der Waals surface area contributed by atoms with Crippen molar-refractivity contribution in [3.8, 4) is 0 Å². The van der Waals surface area contributed by atoms with Gasteiger partial charge >= 0.3 is 0 Å². The van der Waals surface area contributed by atoms with Gasteiger partial charge in [-0.1, -0.05) is 11.6 Å². The van der Waals surface area contributed by atoms with Crippen LogP contribution < -0.4 is 10.6 Å². The summed E-state index contributed by atoms with van der Waals surface area (Å²) in [4.78, 5) is 12.4. The third-order valence-corrected chi connectivity index (χ3v) is 3.34. The van der Waals surface area contributed by atoms with Crippen LogP contribution in [-0.2, 0) is 4.74 Å². The predicted molar refractivity (Wildman–Crippen MR) is 76.6 cm³/mol. The van der Waals surface area contributed by atoms with Crippen molar-refractivity contribution in [2.75, 3.05) is 25.1 Å². The van der Waals surface area contributed by atoms with E-state index in [1.165, 1.54) is 0 Å². The number of carbonyl (C=O) groups excluding carboxylic acids is 1. The van der Waals surface area contributed by atoms with Crippen molar-refractivity contribution in [3.05, 3.63) is 29.3 Å². The van der Waals surface area contributed by atoms with E-state index in [1.807, 2.05) is 32.0 Å². The summed E-state index contributed by atoms with van der Waals surface area (Å²) in [5.74, 6) is 0.00606. The van der Waals surface area contributed by atoms with E-state index in [-0.39, 0.29) is 11.9 Å². The van der Waals surface area contributed by atoms with E-state index < -0.39 is 0 Å². The number of ether oxygens (including phenoxy) is 1. The van der Waals surface area contributed by atoms with E-state index in [4.69, 9.17) is 4.74 Å². The Balaban J connectivity index is 2.10. The molecule has 4 heteroatoms. The molecule has 19 heavy (non-hydrogen) atoms. The first kappa shape index (κ1) is 13.9. The van der Waals surface area contributed by atoms with Gasteiger partial charge in [0.05, 0.1) is 5.56 Å². The van der Waals surface area contributed by atoms with Crippen LogP contribution in [0.15, 0.2) is 18.2 Å². The van der Waals surface area contributed by atoms with Crippen LogP contribution >= 0.6 is 0 Å². The number of hydrogen-bond acceptors (Lipinski definition) is 3. The Morgan fingerprint density at radius 2 is 2.11 bits per heavy atom. The van der Waals surface area contributed by atoms with Gasteiger partial charge in [-0.2, -0.15) is 0 Å². The zero-order chi connectivity index (χ0) is 13.7. The molecule has 1 aromatic carbocycles. The average Bonchev–Trinajstić information content (AvgIpc) is 2.42. The molecule has 2 rings (SSSR count). The largest absolute Gasteiger partial charge is 0.385 e. The second kappa shape index (κ2) is 6.57. The molecule has 0 spiro atoms. The van der Waals surface area contributed by atoms with Gasteiger partial charge in [-0.25, -0.2) is 0 Å². The molecule has 0 saturated carbocycles. The van der Waals surface area contributed by atoms with Crippen LogP contribution in [0.25, 0.3) is 0 Å². The number of benzene rings is 1. The lowest BCUT2D eigenvalue weighted by Gasteiger charge is -2.23. The van der Waals surface area contributed by atoms with Gasteiger partial charge in [-0.15, -0.1) is 0 Å². The maximum Gasteiger partial charge on any atom is 0.253 e. The van der Waals surface area contributed by atoms with Crippen LogP contribution in [0.2, 0.25) is 0 Å². The first-order valence-electron chi connectivity index (χ1n) is 6.94. The summed E-state index contributed by atoms with van der Waals surface area (Å²) < 4.78 is 5.30. The van der Waals surface area contributed by atoms with E-state index in [0.717, 1.165) is 49.4 Å². The molecule has 0 atom stereocenters. The number of carbonyl (C=O) groups is 1. The molecule has 0 radical (unpaired) electrons. The molecule has 1 fully saturated rings.